The number of para-hydroxylation sites is 1. The van der Waals surface area contributed by atoms with Crippen LogP contribution in [0.3, 0.4) is 0 Å². The van der Waals surface area contributed by atoms with Gasteiger partial charge in [0.2, 0.25) is 10.0 Å². The van der Waals surface area contributed by atoms with E-state index in [9.17, 15) is 8.42 Å². The molecular weight excluding hydrogens is 252 g/mol. The molecule has 0 radical (unpaired) electrons. The third kappa shape index (κ3) is 5.03. The van der Waals surface area contributed by atoms with Crippen LogP contribution in [0.2, 0.25) is 0 Å². The van der Waals surface area contributed by atoms with Crippen LogP contribution in [0.1, 0.15) is 12.0 Å². The Bertz CT molecular complexity index is 460. The Morgan fingerprint density at radius 2 is 2.00 bits per heavy atom. The van der Waals surface area contributed by atoms with E-state index in [1.807, 2.05) is 24.3 Å². The lowest BCUT2D eigenvalue weighted by Gasteiger charge is -2.10. The highest BCUT2D eigenvalue weighted by molar-refractivity contribution is 7.89. The molecule has 2 N–H and O–H groups in total. The van der Waals surface area contributed by atoms with Gasteiger partial charge in [-0.05, 0) is 26.1 Å². The molecule has 102 valence electrons. The maximum atomic E-state index is 11.7. The first-order valence-electron chi connectivity index (χ1n) is 5.83. The van der Waals surface area contributed by atoms with Crippen LogP contribution >= 0.6 is 0 Å². The van der Waals surface area contributed by atoms with Crippen molar-refractivity contribution >= 4 is 10.0 Å². The predicted molar refractivity (Wildman–Crippen MR) is 72.2 cm³/mol. The Kier molecular flexibility index (Phi) is 6.11. The smallest absolute Gasteiger partial charge is 0.211 e. The molecule has 1 aromatic carbocycles. The van der Waals surface area contributed by atoms with Gasteiger partial charge in [-0.25, -0.2) is 13.1 Å². The molecule has 0 fully saturated rings. The molecule has 0 aliphatic heterocycles. The van der Waals surface area contributed by atoms with Gasteiger partial charge in [-0.15, -0.1) is 0 Å². The Hall–Kier alpha value is -1.11. The maximum absolute atomic E-state index is 11.7. The van der Waals surface area contributed by atoms with Crippen molar-refractivity contribution in [2.75, 3.05) is 26.5 Å². The number of nitrogens with one attached hydrogen (secondary N) is 2. The number of ether oxygens (including phenoxy) is 1. The number of hydrogen-bond donors (Lipinski definition) is 2. The van der Waals surface area contributed by atoms with Gasteiger partial charge in [-0.1, -0.05) is 18.2 Å². The number of sulfonamides is 1. The number of rotatable bonds is 8. The summed E-state index contributed by atoms with van der Waals surface area (Å²) in [6.07, 6.45) is 0.595. The molecule has 1 aromatic rings. The van der Waals surface area contributed by atoms with Gasteiger partial charge in [-0.3, -0.25) is 0 Å². The number of benzene rings is 1. The zero-order valence-corrected chi connectivity index (χ0v) is 11.6. The first-order valence-corrected chi connectivity index (χ1v) is 7.48. The summed E-state index contributed by atoms with van der Waals surface area (Å²) >= 11 is 0. The summed E-state index contributed by atoms with van der Waals surface area (Å²) in [4.78, 5) is 0. The third-order valence-electron chi connectivity index (χ3n) is 2.51. The van der Waals surface area contributed by atoms with Gasteiger partial charge >= 0.3 is 0 Å². The summed E-state index contributed by atoms with van der Waals surface area (Å²) in [7, 11) is 0.148. The van der Waals surface area contributed by atoms with Crippen molar-refractivity contribution in [2.24, 2.45) is 0 Å². The fourth-order valence-electron chi connectivity index (χ4n) is 1.55. The molecule has 0 aliphatic rings. The highest BCUT2D eigenvalue weighted by Gasteiger charge is 2.10. The Morgan fingerprint density at radius 1 is 1.28 bits per heavy atom. The highest BCUT2D eigenvalue weighted by atomic mass is 32.2. The topological polar surface area (TPSA) is 67.4 Å². The van der Waals surface area contributed by atoms with Gasteiger partial charge in [0.25, 0.3) is 0 Å². The van der Waals surface area contributed by atoms with Gasteiger partial charge in [0, 0.05) is 12.1 Å². The normalized spacial score (nSPS) is 11.4. The average molecular weight is 272 g/mol. The van der Waals surface area contributed by atoms with Crippen LogP contribution < -0.4 is 14.8 Å². The lowest BCUT2D eigenvalue weighted by molar-refractivity contribution is 0.409. The molecule has 0 aromatic heterocycles. The quantitative estimate of drug-likeness (QED) is 0.684. The van der Waals surface area contributed by atoms with E-state index in [-0.39, 0.29) is 12.3 Å². The van der Waals surface area contributed by atoms with Crippen molar-refractivity contribution in [3.05, 3.63) is 29.8 Å². The van der Waals surface area contributed by atoms with Crippen molar-refractivity contribution in [2.45, 2.75) is 13.0 Å². The van der Waals surface area contributed by atoms with Gasteiger partial charge in [0.05, 0.1) is 12.9 Å². The van der Waals surface area contributed by atoms with Crippen molar-refractivity contribution in [3.8, 4) is 5.75 Å². The van der Waals surface area contributed by atoms with E-state index in [4.69, 9.17) is 4.74 Å². The van der Waals surface area contributed by atoms with E-state index in [1.165, 1.54) is 0 Å². The summed E-state index contributed by atoms with van der Waals surface area (Å²) in [5.41, 5.74) is 0.831. The predicted octanol–water partition coefficient (Wildman–Crippen LogP) is 0.724. The second-order valence-electron chi connectivity index (χ2n) is 3.91. The minimum absolute atomic E-state index is 0.128. The summed E-state index contributed by atoms with van der Waals surface area (Å²) in [5, 5.41) is 2.92. The molecule has 0 bridgehead atoms. The fraction of sp³-hybridized carbons (Fsp3) is 0.500. The molecular formula is C12H20N2O3S. The van der Waals surface area contributed by atoms with Gasteiger partial charge < -0.3 is 10.1 Å². The molecule has 0 saturated heterocycles. The molecule has 0 heterocycles. The molecule has 0 saturated carbocycles. The standard InChI is InChI=1S/C12H20N2O3S/c1-13-8-5-9-18(15,16)14-10-11-6-3-4-7-12(11)17-2/h3-4,6-7,13-14H,5,8-10H2,1-2H3. The lowest BCUT2D eigenvalue weighted by atomic mass is 10.2. The number of methoxy groups -OCH3 is 1. The molecule has 0 amide bonds. The van der Waals surface area contributed by atoms with E-state index < -0.39 is 10.0 Å². The van der Waals surface area contributed by atoms with E-state index in [2.05, 4.69) is 10.0 Å². The second kappa shape index (κ2) is 7.35. The van der Waals surface area contributed by atoms with E-state index in [0.717, 1.165) is 5.56 Å². The molecule has 1 rings (SSSR count). The second-order valence-corrected chi connectivity index (χ2v) is 5.84. The van der Waals surface area contributed by atoms with Crippen LogP contribution in [0.25, 0.3) is 0 Å². The average Bonchev–Trinajstić information content (AvgIpc) is 2.37. The Balaban J connectivity index is 2.53. The number of hydrogen-bond acceptors (Lipinski definition) is 4. The van der Waals surface area contributed by atoms with Crippen molar-refractivity contribution < 1.29 is 13.2 Å². The lowest BCUT2D eigenvalue weighted by Crippen LogP contribution is -2.27. The van der Waals surface area contributed by atoms with Crippen LogP contribution in [-0.2, 0) is 16.6 Å². The van der Waals surface area contributed by atoms with E-state index >= 15 is 0 Å². The van der Waals surface area contributed by atoms with Crippen LogP contribution in [0, 0.1) is 0 Å². The summed E-state index contributed by atoms with van der Waals surface area (Å²) in [5.74, 6) is 0.818. The summed E-state index contributed by atoms with van der Waals surface area (Å²) in [6.45, 7) is 0.946. The molecule has 0 aliphatic carbocycles. The minimum atomic E-state index is -3.22. The molecule has 0 spiro atoms. The van der Waals surface area contributed by atoms with E-state index in [0.29, 0.717) is 18.7 Å². The molecule has 0 atom stereocenters. The SMILES string of the molecule is CNCCCS(=O)(=O)NCc1ccccc1OC. The van der Waals surface area contributed by atoms with Crippen LogP contribution in [-0.4, -0.2) is 34.9 Å². The maximum Gasteiger partial charge on any atom is 0.211 e. The largest absolute Gasteiger partial charge is 0.496 e. The summed E-state index contributed by atoms with van der Waals surface area (Å²) < 4.78 is 31.1. The van der Waals surface area contributed by atoms with Crippen LogP contribution in [0.15, 0.2) is 24.3 Å². The van der Waals surface area contributed by atoms with Gasteiger partial charge in [-0.2, -0.15) is 0 Å². The molecule has 6 heteroatoms. The fourth-order valence-corrected chi connectivity index (χ4v) is 2.59. The molecule has 18 heavy (non-hydrogen) atoms. The van der Waals surface area contributed by atoms with Crippen molar-refractivity contribution in [1.29, 1.82) is 0 Å². The van der Waals surface area contributed by atoms with Crippen molar-refractivity contribution in [1.82, 2.24) is 10.0 Å². The third-order valence-corrected chi connectivity index (χ3v) is 3.93. The minimum Gasteiger partial charge on any atom is -0.496 e. The highest BCUT2D eigenvalue weighted by Crippen LogP contribution is 2.16. The Morgan fingerprint density at radius 3 is 2.67 bits per heavy atom. The zero-order valence-electron chi connectivity index (χ0n) is 10.8. The Labute approximate surface area is 109 Å². The van der Waals surface area contributed by atoms with E-state index in [1.54, 1.807) is 14.2 Å². The zero-order chi connectivity index (χ0) is 13.4. The van der Waals surface area contributed by atoms with Crippen LogP contribution in [0.5, 0.6) is 5.75 Å². The van der Waals surface area contributed by atoms with Crippen molar-refractivity contribution in [3.63, 3.8) is 0 Å². The first-order chi connectivity index (χ1) is 8.59. The summed E-state index contributed by atoms with van der Waals surface area (Å²) in [6, 6.07) is 7.36. The molecule has 0 unspecified atom stereocenters. The van der Waals surface area contributed by atoms with Gasteiger partial charge in [0.15, 0.2) is 0 Å². The molecule has 5 nitrogen and oxygen atoms in total. The first kappa shape index (κ1) is 14.9. The van der Waals surface area contributed by atoms with Gasteiger partial charge in [0.1, 0.15) is 5.75 Å². The monoisotopic (exact) mass is 272 g/mol. The van der Waals surface area contributed by atoms with Crippen LogP contribution in [0.4, 0.5) is 0 Å².